The molecular formula is C64H89BrClN7O16. The molecule has 2 aromatic rings. The monoisotopic (exact) mass is 1330 g/mol. The number of unbranched alkanes of at least 4 members (excludes halogenated alkanes) is 1. The Labute approximate surface area is 535 Å². The van der Waals surface area contributed by atoms with Crippen LogP contribution < -0.4 is 36.6 Å². The highest BCUT2D eigenvalue weighted by Gasteiger charge is 2.64. The number of nitrogens with one attached hydrogen (secondary N) is 4. The van der Waals surface area contributed by atoms with Gasteiger partial charge in [0, 0.05) is 63.5 Å². The van der Waals surface area contributed by atoms with Crippen molar-refractivity contribution in [3.8, 4) is 5.75 Å². The number of amides is 7. The summed E-state index contributed by atoms with van der Waals surface area (Å²) in [4.78, 5) is 125. The van der Waals surface area contributed by atoms with Crippen LogP contribution in [0.3, 0.4) is 0 Å². The summed E-state index contributed by atoms with van der Waals surface area (Å²) < 4.78 is 35.3. The fourth-order valence-electron chi connectivity index (χ4n) is 10.9. The number of likely N-dealkylation sites (N-methyl/N-ethyl adjacent to an activating group) is 1. The van der Waals surface area contributed by atoms with Gasteiger partial charge >= 0.3 is 23.9 Å². The van der Waals surface area contributed by atoms with Crippen LogP contribution in [-0.4, -0.2) is 163 Å². The van der Waals surface area contributed by atoms with Gasteiger partial charge in [0.15, 0.2) is 0 Å². The number of nitrogens with zero attached hydrogens (tertiary/aromatic N) is 2. The van der Waals surface area contributed by atoms with Gasteiger partial charge in [-0.3, -0.25) is 28.8 Å². The molecule has 4 bridgehead atoms. The smallest absolute Gasteiger partial charge is 0.334 e. The Balaban J connectivity index is 1.39. The highest BCUT2D eigenvalue weighted by Crippen LogP contribution is 2.50. The van der Waals surface area contributed by atoms with Gasteiger partial charge in [-0.15, -0.1) is 0 Å². The SMILES string of the molecule is C=C(CBr)C(=O)OC(C)(C)CCCCC(=O)N[C@H](C(=O)N[C@@H](CCCNC(N)=O)C(=O)Nc1cc(OC)ccc1C(=O)N(C)[C@@H](C)C(=O)O[C@H]1CC(=O)N(C)c2cc(cc(C)c2Cl)C/C(C)=C/C=C/[C@@H](OC)[C@]2(O)CC(=O)O[C@@H](C2)[C@@H](C)[C@@H]2O[C@@]12C)C(C)C. The number of ether oxygens (including phenoxy) is 6. The summed E-state index contributed by atoms with van der Waals surface area (Å²) in [5.41, 5.74) is 4.42. The number of aliphatic hydroxyl groups is 1. The third-order valence-corrected chi connectivity index (χ3v) is 17.7. The minimum atomic E-state index is -1.67. The standard InChI is InChI=1S/C64H89BrClN7O16/c1-35(2)54(71-50(74)22-15-16-25-62(8,9)89-59(80)38(5)34-65)57(78)69-44(20-18-26-68-61(67)82)56(77)70-45-30-42(84-13)23-24-43(45)58(79)72(11)40(7)60(81)87-49-31-51(75)73(12)46-29-41(28-37(4)53(46)66)27-36(3)19-17-21-48(85-14)64(83)32-47(86-52(76)33-64)39(6)55-63(49,10)88-55/h17,19,21,23-24,28-30,35,39-40,44,47-49,54-55,83H,5,15-16,18,20,22,25-27,31-34H2,1-4,6-14H3,(H,69,78)(H,70,77)(H,71,74)(H3,67,68,82)/b21-17+,36-19+/t39-,40+,44+,47+,48-,49+,54+,55+,63+,64-/m1/s1. The molecule has 89 heavy (non-hydrogen) atoms. The number of halogens is 2. The molecule has 0 unspecified atom stereocenters. The van der Waals surface area contributed by atoms with Crippen molar-refractivity contribution in [1.29, 1.82) is 0 Å². The van der Waals surface area contributed by atoms with E-state index in [1.165, 1.54) is 51.3 Å². The van der Waals surface area contributed by atoms with Crippen molar-refractivity contribution < 1.29 is 76.7 Å². The number of hydrogen-bond donors (Lipinski definition) is 6. The van der Waals surface area contributed by atoms with E-state index in [0.29, 0.717) is 42.0 Å². The van der Waals surface area contributed by atoms with Crippen LogP contribution in [0.15, 0.2) is 66.3 Å². The average Bonchev–Trinajstić information content (AvgIpc) is 1.61. The number of primary amides is 1. The third kappa shape index (κ3) is 19.6. The van der Waals surface area contributed by atoms with E-state index >= 15 is 0 Å². The van der Waals surface area contributed by atoms with Gasteiger partial charge in [-0.2, -0.15) is 0 Å². The fraction of sp³-hybridized carbons (Fsp3) is 0.578. The summed E-state index contributed by atoms with van der Waals surface area (Å²) in [6, 6.07) is 3.39. The van der Waals surface area contributed by atoms with Gasteiger partial charge in [0.05, 0.1) is 48.0 Å². The summed E-state index contributed by atoms with van der Waals surface area (Å²) in [5, 5.41) is 23.4. The molecule has 3 aliphatic rings. The molecule has 3 heterocycles. The van der Waals surface area contributed by atoms with Crippen molar-refractivity contribution in [1.82, 2.24) is 20.9 Å². The molecule has 490 valence electrons. The number of nitrogens with two attached hydrogens (primary N) is 1. The van der Waals surface area contributed by atoms with Crippen LogP contribution in [0.1, 0.15) is 135 Å². The van der Waals surface area contributed by atoms with Crippen molar-refractivity contribution in [2.75, 3.05) is 50.4 Å². The number of rotatable bonds is 24. The molecule has 25 heteroatoms. The molecule has 3 aliphatic heterocycles. The summed E-state index contributed by atoms with van der Waals surface area (Å²) in [6.45, 7) is 19.3. The number of anilines is 2. The van der Waals surface area contributed by atoms with E-state index in [-0.39, 0.29) is 66.6 Å². The zero-order valence-electron chi connectivity index (χ0n) is 53.3. The average molecular weight is 1330 g/mol. The lowest BCUT2D eigenvalue weighted by molar-refractivity contribution is -0.187. The van der Waals surface area contributed by atoms with Crippen molar-refractivity contribution in [2.45, 2.75) is 186 Å². The summed E-state index contributed by atoms with van der Waals surface area (Å²) in [6.07, 6.45) is 2.62. The van der Waals surface area contributed by atoms with Crippen LogP contribution in [0.4, 0.5) is 16.2 Å². The van der Waals surface area contributed by atoms with Crippen molar-refractivity contribution in [3.63, 3.8) is 0 Å². The first-order valence-corrected chi connectivity index (χ1v) is 31.3. The second kappa shape index (κ2) is 31.7. The Bertz CT molecular complexity index is 3050. The van der Waals surface area contributed by atoms with Gasteiger partial charge < -0.3 is 70.3 Å². The molecule has 2 saturated heterocycles. The van der Waals surface area contributed by atoms with Gasteiger partial charge in [-0.1, -0.05) is 84.7 Å². The van der Waals surface area contributed by atoms with E-state index in [2.05, 4.69) is 43.8 Å². The van der Waals surface area contributed by atoms with E-state index in [4.69, 9.17) is 45.8 Å². The molecule has 0 radical (unpaired) electrons. The van der Waals surface area contributed by atoms with Gasteiger partial charge in [-0.25, -0.2) is 14.4 Å². The zero-order valence-corrected chi connectivity index (χ0v) is 55.6. The van der Waals surface area contributed by atoms with Gasteiger partial charge in [-0.05, 0) is 115 Å². The number of hydrogen-bond acceptors (Lipinski definition) is 16. The number of aryl methyl sites for hydroxylation is 1. The minimum Gasteiger partial charge on any atom is -0.497 e. The summed E-state index contributed by atoms with van der Waals surface area (Å²) in [7, 11) is 5.73. The Morgan fingerprint density at radius 3 is 2.36 bits per heavy atom. The number of alkyl halides is 1. The highest BCUT2D eigenvalue weighted by atomic mass is 79.9. The second-order valence-corrected chi connectivity index (χ2v) is 25.5. The Morgan fingerprint density at radius 1 is 1.02 bits per heavy atom. The molecule has 7 amide bonds. The van der Waals surface area contributed by atoms with Crippen LogP contribution in [0.2, 0.25) is 5.02 Å². The molecule has 0 aromatic heterocycles. The largest absolute Gasteiger partial charge is 0.497 e. The van der Waals surface area contributed by atoms with Crippen LogP contribution in [0, 0.1) is 18.8 Å². The molecule has 0 aliphatic carbocycles. The number of epoxide rings is 1. The van der Waals surface area contributed by atoms with Gasteiger partial charge in [0.25, 0.3) is 5.91 Å². The number of urea groups is 1. The quantitative estimate of drug-likeness (QED) is 0.0151. The molecule has 2 fully saturated rings. The van der Waals surface area contributed by atoms with Crippen molar-refractivity contribution in [2.24, 2.45) is 17.6 Å². The van der Waals surface area contributed by atoms with E-state index in [0.717, 1.165) is 16.0 Å². The number of esters is 3. The Kier molecular flexibility index (Phi) is 26.0. The first kappa shape index (κ1) is 72.9. The summed E-state index contributed by atoms with van der Waals surface area (Å²) in [5.74, 6) is -6.14. The lowest BCUT2D eigenvalue weighted by atomic mass is 9.78. The van der Waals surface area contributed by atoms with Gasteiger partial charge in [0.2, 0.25) is 23.6 Å². The van der Waals surface area contributed by atoms with Crippen molar-refractivity contribution in [3.05, 3.63) is 88.0 Å². The predicted molar refractivity (Wildman–Crippen MR) is 338 cm³/mol. The predicted octanol–water partition coefficient (Wildman–Crippen LogP) is 7.23. The maximum absolute atomic E-state index is 14.7. The maximum Gasteiger partial charge on any atom is 0.334 e. The lowest BCUT2D eigenvalue weighted by Gasteiger charge is -2.41. The van der Waals surface area contributed by atoms with Crippen molar-refractivity contribution >= 4 is 92.4 Å². The zero-order chi connectivity index (χ0) is 66.5. The molecule has 2 aromatic carbocycles. The normalized spacial score (nSPS) is 24.0. The topological polar surface area (TPSA) is 313 Å². The number of carbonyl (C=O) groups is 9. The van der Waals surface area contributed by atoms with Crippen LogP contribution in [0.5, 0.6) is 5.75 Å². The van der Waals surface area contributed by atoms with E-state index in [1.54, 1.807) is 60.7 Å². The van der Waals surface area contributed by atoms with Crippen LogP contribution in [0.25, 0.3) is 0 Å². The van der Waals surface area contributed by atoms with Crippen LogP contribution >= 0.6 is 27.5 Å². The number of carbonyl (C=O) groups excluding carboxylic acids is 9. The molecule has 7 N–H and O–H groups in total. The van der Waals surface area contributed by atoms with Crippen LogP contribution in [-0.2, 0) is 63.7 Å². The third-order valence-electron chi connectivity index (χ3n) is 16.5. The number of benzene rings is 2. The number of fused-ring (bicyclic) bond motifs is 5. The first-order valence-electron chi connectivity index (χ1n) is 29.8. The highest BCUT2D eigenvalue weighted by molar-refractivity contribution is 9.09. The lowest BCUT2D eigenvalue weighted by Crippen LogP contribution is -2.54. The number of methoxy groups -OCH3 is 2. The molecule has 23 nitrogen and oxygen atoms in total. The maximum atomic E-state index is 14.7. The molecule has 0 saturated carbocycles. The molecule has 10 atom stereocenters. The minimum absolute atomic E-state index is 0.0307. The molecular weight excluding hydrogens is 1240 g/mol. The molecule has 5 rings (SSSR count). The molecule has 0 spiro atoms. The summed E-state index contributed by atoms with van der Waals surface area (Å²) >= 11 is 10.1. The fourth-order valence-corrected chi connectivity index (χ4v) is 11.4. The van der Waals surface area contributed by atoms with Gasteiger partial charge in [0.1, 0.15) is 59.0 Å². The number of allylic oxidation sites excluding steroid dienone is 3. The first-order chi connectivity index (χ1) is 41.7. The Morgan fingerprint density at radius 2 is 1.72 bits per heavy atom. The Hall–Kier alpha value is -6.86. The second-order valence-electron chi connectivity index (χ2n) is 24.5. The van der Waals surface area contributed by atoms with E-state index in [1.807, 2.05) is 32.1 Å². The van der Waals surface area contributed by atoms with E-state index in [9.17, 15) is 48.3 Å². The van der Waals surface area contributed by atoms with E-state index < -0.39 is 131 Å².